The van der Waals surface area contributed by atoms with Crippen LogP contribution in [0.25, 0.3) is 11.1 Å². The van der Waals surface area contributed by atoms with E-state index in [0.717, 1.165) is 30.6 Å². The van der Waals surface area contributed by atoms with Crippen LogP contribution < -0.4 is 4.90 Å². The third-order valence-electron chi connectivity index (χ3n) is 3.61. The number of aromatic amines is 1. The summed E-state index contributed by atoms with van der Waals surface area (Å²) in [5.41, 5.74) is 5.24. The number of aromatic nitrogens is 1. The number of fused-ring (bicyclic) bond motifs is 1. The van der Waals surface area contributed by atoms with E-state index >= 15 is 0 Å². The van der Waals surface area contributed by atoms with Crippen molar-refractivity contribution in [2.45, 2.75) is 13.0 Å². The van der Waals surface area contributed by atoms with Crippen LogP contribution in [0.15, 0.2) is 16.8 Å². The van der Waals surface area contributed by atoms with Crippen molar-refractivity contribution in [2.24, 2.45) is 0 Å². The Labute approximate surface area is 121 Å². The van der Waals surface area contributed by atoms with Gasteiger partial charge in [0, 0.05) is 23.2 Å². The molecule has 3 rings (SSSR count). The molecule has 0 radical (unpaired) electrons. The number of hydrogen-bond donors (Lipinski definition) is 2. The topological polar surface area (TPSA) is 44.0 Å². The summed E-state index contributed by atoms with van der Waals surface area (Å²) < 4.78 is 0.571. The molecule has 19 heavy (non-hydrogen) atoms. The summed E-state index contributed by atoms with van der Waals surface area (Å²) >= 11 is 7.00. The van der Waals surface area contributed by atoms with E-state index in [0.29, 0.717) is 10.2 Å². The zero-order valence-electron chi connectivity index (χ0n) is 10.6. The van der Waals surface area contributed by atoms with E-state index in [2.05, 4.69) is 29.5 Å². The predicted octanol–water partition coefficient (Wildman–Crippen LogP) is 1.92. The molecule has 1 unspecified atom stereocenters. The molecule has 0 saturated carbocycles. The van der Waals surface area contributed by atoms with E-state index in [-0.39, 0.29) is 0 Å². The normalized spacial score (nSPS) is 17.8. The van der Waals surface area contributed by atoms with E-state index in [1.165, 1.54) is 16.2 Å². The first-order valence-corrected chi connectivity index (χ1v) is 7.58. The molecule has 0 bridgehead atoms. The first-order chi connectivity index (χ1) is 9.20. The van der Waals surface area contributed by atoms with Gasteiger partial charge in [-0.15, -0.1) is 0 Å². The van der Waals surface area contributed by atoms with Crippen LogP contribution in [-0.4, -0.2) is 18.6 Å². The molecule has 0 fully saturated rings. The summed E-state index contributed by atoms with van der Waals surface area (Å²) in [6.07, 6.45) is 0.994. The quantitative estimate of drug-likeness (QED) is 0.787. The van der Waals surface area contributed by atoms with Crippen LogP contribution in [0.1, 0.15) is 16.8 Å². The maximum Gasteiger partial charge on any atom is 0.122 e. The van der Waals surface area contributed by atoms with Gasteiger partial charge in [0.2, 0.25) is 0 Å². The molecular weight excluding hydrogens is 274 g/mol. The molecule has 0 aliphatic carbocycles. The predicted molar refractivity (Wildman–Crippen MR) is 78.8 cm³/mol. The molecule has 1 atom stereocenters. The summed E-state index contributed by atoms with van der Waals surface area (Å²) in [6, 6.07) is 4.35. The van der Waals surface area contributed by atoms with Crippen LogP contribution in [0.4, 0.5) is 0 Å². The SMILES string of the molecule is C[NH+]1CCc2[nH]c(=S)c(C#N)c(-c3ccsc3)c2C1. The minimum absolute atomic E-state index is 0.571. The number of nitriles is 1. The molecule has 0 aromatic carbocycles. The van der Waals surface area contributed by atoms with Gasteiger partial charge in [0.05, 0.1) is 19.2 Å². The lowest BCUT2D eigenvalue weighted by atomic mass is 9.93. The van der Waals surface area contributed by atoms with Crippen molar-refractivity contribution < 1.29 is 4.90 Å². The maximum atomic E-state index is 9.43. The van der Waals surface area contributed by atoms with Crippen molar-refractivity contribution in [1.29, 1.82) is 5.26 Å². The highest BCUT2D eigenvalue weighted by molar-refractivity contribution is 7.71. The lowest BCUT2D eigenvalue weighted by Gasteiger charge is -2.24. The zero-order valence-corrected chi connectivity index (χ0v) is 12.3. The minimum atomic E-state index is 0.571. The molecule has 5 heteroatoms. The van der Waals surface area contributed by atoms with Crippen molar-refractivity contribution in [3.8, 4) is 17.2 Å². The monoisotopic (exact) mass is 288 g/mol. The molecule has 2 aromatic heterocycles. The first kappa shape index (κ1) is 12.5. The number of likely N-dealkylation sites (N-methyl/N-ethyl adjacent to an activating group) is 1. The number of rotatable bonds is 1. The lowest BCUT2D eigenvalue weighted by molar-refractivity contribution is -0.895. The maximum absolute atomic E-state index is 9.43. The molecule has 2 N–H and O–H groups in total. The van der Waals surface area contributed by atoms with Gasteiger partial charge in [0.1, 0.15) is 17.3 Å². The Hall–Kier alpha value is -1.48. The van der Waals surface area contributed by atoms with Crippen molar-refractivity contribution in [1.82, 2.24) is 4.98 Å². The molecule has 3 heterocycles. The molecule has 0 saturated heterocycles. The fourth-order valence-corrected chi connectivity index (χ4v) is 3.58. The number of nitrogens with one attached hydrogen (secondary N) is 2. The fourth-order valence-electron chi connectivity index (χ4n) is 2.66. The Balaban J connectivity index is 2.34. The highest BCUT2D eigenvalue weighted by atomic mass is 32.1. The van der Waals surface area contributed by atoms with Crippen LogP contribution in [0.5, 0.6) is 0 Å². The van der Waals surface area contributed by atoms with E-state index in [9.17, 15) is 5.26 Å². The van der Waals surface area contributed by atoms with Crippen LogP contribution in [0.3, 0.4) is 0 Å². The average molecular weight is 288 g/mol. The van der Waals surface area contributed by atoms with Crippen LogP contribution in [-0.2, 0) is 13.0 Å². The molecule has 1 aliphatic heterocycles. The molecular formula is C14H14N3S2+. The van der Waals surface area contributed by atoms with Gasteiger partial charge in [-0.3, -0.25) is 0 Å². The third kappa shape index (κ3) is 2.12. The van der Waals surface area contributed by atoms with Gasteiger partial charge in [-0.25, -0.2) is 0 Å². The summed E-state index contributed by atoms with van der Waals surface area (Å²) in [4.78, 5) is 4.72. The number of H-pyrrole nitrogens is 1. The van der Waals surface area contributed by atoms with Crippen LogP contribution in [0.2, 0.25) is 0 Å². The number of quaternary nitrogens is 1. The first-order valence-electron chi connectivity index (χ1n) is 6.22. The second-order valence-electron chi connectivity index (χ2n) is 4.92. The van der Waals surface area contributed by atoms with Crippen LogP contribution in [0, 0.1) is 16.0 Å². The summed E-state index contributed by atoms with van der Waals surface area (Å²) in [5, 5.41) is 13.6. The van der Waals surface area contributed by atoms with Gasteiger partial charge in [0.15, 0.2) is 0 Å². The number of nitrogens with zero attached hydrogens (tertiary/aromatic N) is 1. The van der Waals surface area contributed by atoms with E-state index in [1.807, 2.05) is 5.38 Å². The van der Waals surface area contributed by atoms with Gasteiger partial charge in [0.25, 0.3) is 0 Å². The highest BCUT2D eigenvalue weighted by Crippen LogP contribution is 2.31. The number of pyridine rings is 1. The molecule has 0 spiro atoms. The van der Waals surface area contributed by atoms with E-state index in [4.69, 9.17) is 12.2 Å². The van der Waals surface area contributed by atoms with Crippen LogP contribution >= 0.6 is 23.6 Å². The second kappa shape index (κ2) is 4.89. The summed E-state index contributed by atoms with van der Waals surface area (Å²) in [7, 11) is 2.19. The summed E-state index contributed by atoms with van der Waals surface area (Å²) in [6.45, 7) is 2.05. The van der Waals surface area contributed by atoms with Crippen molar-refractivity contribution in [3.63, 3.8) is 0 Å². The third-order valence-corrected chi connectivity index (χ3v) is 4.60. The largest absolute Gasteiger partial charge is 0.348 e. The standard InChI is InChI=1S/C14H13N3S2/c1-17-4-2-12-11(7-17)13(9-3-5-19-8-9)10(6-15)14(18)16-12/h3,5,8H,2,4,7H2,1H3,(H,16,18)/p+1. The van der Waals surface area contributed by atoms with Gasteiger partial charge < -0.3 is 9.88 Å². The highest BCUT2D eigenvalue weighted by Gasteiger charge is 2.24. The van der Waals surface area contributed by atoms with E-state index in [1.54, 1.807) is 11.3 Å². The molecule has 3 nitrogen and oxygen atoms in total. The molecule has 0 amide bonds. The van der Waals surface area contributed by atoms with Crippen molar-refractivity contribution in [3.05, 3.63) is 38.3 Å². The Kier molecular flexibility index (Phi) is 3.23. The van der Waals surface area contributed by atoms with Crippen molar-refractivity contribution >= 4 is 23.6 Å². The van der Waals surface area contributed by atoms with Gasteiger partial charge >= 0.3 is 0 Å². The Morgan fingerprint density at radius 2 is 2.37 bits per heavy atom. The van der Waals surface area contributed by atoms with Crippen molar-refractivity contribution in [2.75, 3.05) is 13.6 Å². The average Bonchev–Trinajstić information content (AvgIpc) is 2.91. The lowest BCUT2D eigenvalue weighted by Crippen LogP contribution is -3.08. The smallest absolute Gasteiger partial charge is 0.122 e. The van der Waals surface area contributed by atoms with Gasteiger partial charge in [-0.1, -0.05) is 12.2 Å². The summed E-state index contributed by atoms with van der Waals surface area (Å²) in [5.74, 6) is 0. The second-order valence-corrected chi connectivity index (χ2v) is 6.11. The van der Waals surface area contributed by atoms with Gasteiger partial charge in [-0.05, 0) is 22.4 Å². The molecule has 2 aromatic rings. The fraction of sp³-hybridized carbons (Fsp3) is 0.286. The Morgan fingerprint density at radius 3 is 3.05 bits per heavy atom. The van der Waals surface area contributed by atoms with Gasteiger partial charge in [-0.2, -0.15) is 16.6 Å². The Bertz CT molecular complexity index is 708. The zero-order chi connectivity index (χ0) is 13.4. The minimum Gasteiger partial charge on any atom is -0.348 e. The number of hydrogen-bond acceptors (Lipinski definition) is 3. The van der Waals surface area contributed by atoms with E-state index < -0.39 is 0 Å². The molecule has 1 aliphatic rings. The number of thiophene rings is 1. The Morgan fingerprint density at radius 1 is 1.53 bits per heavy atom. The molecule has 96 valence electrons.